The molecule has 1 aliphatic heterocycles. The summed E-state index contributed by atoms with van der Waals surface area (Å²) < 4.78 is 5.37. The number of benzene rings is 1. The predicted octanol–water partition coefficient (Wildman–Crippen LogP) is 2.03. The van der Waals surface area contributed by atoms with Crippen molar-refractivity contribution in [3.63, 3.8) is 0 Å². The van der Waals surface area contributed by atoms with Crippen LogP contribution in [0.3, 0.4) is 0 Å². The molecule has 0 unspecified atom stereocenters. The number of allylic oxidation sites excluding steroid dienone is 1. The number of alkyl carbamates (subject to hydrolysis) is 1. The lowest BCUT2D eigenvalue weighted by molar-refractivity contribution is -0.129. The van der Waals surface area contributed by atoms with E-state index >= 15 is 0 Å². The van der Waals surface area contributed by atoms with Gasteiger partial charge in [0.2, 0.25) is 5.70 Å². The van der Waals surface area contributed by atoms with Gasteiger partial charge in [0, 0.05) is 6.54 Å². The molecule has 0 aromatic heterocycles. The molecule has 2 aliphatic rings. The van der Waals surface area contributed by atoms with Gasteiger partial charge < -0.3 is 25.0 Å². The summed E-state index contributed by atoms with van der Waals surface area (Å²) in [4.78, 5) is 30.4. The van der Waals surface area contributed by atoms with Crippen LogP contribution in [0.2, 0.25) is 0 Å². The van der Waals surface area contributed by atoms with Crippen LogP contribution in [0.1, 0.15) is 32.8 Å². The topological polar surface area (TPSA) is 103 Å². The number of hydrogen-bond donors (Lipinski definition) is 3. The Labute approximate surface area is 189 Å². The van der Waals surface area contributed by atoms with Crippen LogP contribution in [0.4, 0.5) is 4.79 Å². The van der Waals surface area contributed by atoms with E-state index in [1.54, 1.807) is 11.0 Å². The highest BCUT2D eigenvalue weighted by atomic mass is 16.5. The molecule has 9 heteroatoms. The quantitative estimate of drug-likeness (QED) is 0.343. The number of amides is 2. The Morgan fingerprint density at radius 1 is 1.34 bits per heavy atom. The Balaban J connectivity index is 1.59. The Bertz CT molecular complexity index is 906. The molecule has 3 rings (SSSR count). The van der Waals surface area contributed by atoms with Crippen LogP contribution in [0, 0.1) is 23.8 Å². The van der Waals surface area contributed by atoms with Gasteiger partial charge in [-0.25, -0.2) is 9.64 Å². The van der Waals surface area contributed by atoms with E-state index in [-0.39, 0.29) is 42.0 Å². The maximum atomic E-state index is 13.0. The summed E-state index contributed by atoms with van der Waals surface area (Å²) in [6.07, 6.45) is 2.11. The minimum atomic E-state index is -1.75. The second kappa shape index (κ2) is 9.76. The minimum Gasteiger partial charge on any atom is -0.447 e. The van der Waals surface area contributed by atoms with Crippen molar-refractivity contribution in [2.75, 3.05) is 13.2 Å². The van der Waals surface area contributed by atoms with Crippen molar-refractivity contribution in [1.29, 1.82) is 0 Å². The number of rotatable bonds is 7. The van der Waals surface area contributed by atoms with E-state index in [0.29, 0.717) is 12.5 Å². The standard InChI is InChI=1S/C23H30BN3O5/c1-23(2,3)12-18(25-4)21(28)27-13-16-11-17(16)19(27)14-32-22(29)26-20(24(30)31)10-15-8-6-5-7-9-15/h5-9,12,16-17,19-20,30-31H,10-11,13-14H2,1-3H3,(H,26,29)/t16-,17-,19-,20+/m1/s1. The Kier molecular flexibility index (Phi) is 7.27. The first-order valence-corrected chi connectivity index (χ1v) is 10.8. The van der Waals surface area contributed by atoms with Gasteiger partial charge in [0.15, 0.2) is 0 Å². The Morgan fingerprint density at radius 3 is 2.62 bits per heavy atom. The average molecular weight is 439 g/mol. The van der Waals surface area contributed by atoms with Crippen molar-refractivity contribution in [3.05, 3.63) is 59.1 Å². The highest BCUT2D eigenvalue weighted by Crippen LogP contribution is 2.50. The average Bonchev–Trinajstić information content (AvgIpc) is 3.41. The molecule has 2 fully saturated rings. The number of piperidine rings is 1. The molecule has 8 nitrogen and oxygen atoms in total. The summed E-state index contributed by atoms with van der Waals surface area (Å²) in [7, 11) is -1.75. The molecule has 1 saturated heterocycles. The number of likely N-dealkylation sites (tertiary alicyclic amines) is 1. The monoisotopic (exact) mass is 439 g/mol. The Morgan fingerprint density at radius 2 is 2.03 bits per heavy atom. The molecule has 4 atom stereocenters. The first-order chi connectivity index (χ1) is 15.1. The molecule has 3 N–H and O–H groups in total. The number of carbonyl (C=O) groups excluding carboxylic acids is 2. The number of hydrogen-bond acceptors (Lipinski definition) is 5. The second-order valence-electron chi connectivity index (χ2n) is 9.64. The van der Waals surface area contributed by atoms with E-state index in [1.165, 1.54) is 0 Å². The summed E-state index contributed by atoms with van der Waals surface area (Å²) in [5.74, 6) is -0.619. The summed E-state index contributed by atoms with van der Waals surface area (Å²) >= 11 is 0. The fraction of sp³-hybridized carbons (Fsp3) is 0.522. The van der Waals surface area contributed by atoms with E-state index in [1.807, 2.05) is 51.1 Å². The third-order valence-electron chi connectivity index (χ3n) is 5.82. The summed E-state index contributed by atoms with van der Waals surface area (Å²) in [5, 5.41) is 21.8. The van der Waals surface area contributed by atoms with E-state index in [9.17, 15) is 19.6 Å². The lowest BCUT2D eigenvalue weighted by atomic mass is 9.76. The molecule has 0 bridgehead atoms. The largest absolute Gasteiger partial charge is 0.475 e. The molecule has 2 amide bonds. The molecule has 1 aromatic rings. The molecule has 170 valence electrons. The van der Waals surface area contributed by atoms with Gasteiger partial charge in [-0.1, -0.05) is 57.2 Å². The lowest BCUT2D eigenvalue weighted by Crippen LogP contribution is -2.49. The zero-order chi connectivity index (χ0) is 23.5. The van der Waals surface area contributed by atoms with Gasteiger partial charge in [0.25, 0.3) is 5.91 Å². The number of ether oxygens (including phenoxy) is 1. The summed E-state index contributed by atoms with van der Waals surface area (Å²) in [6.45, 7) is 13.8. The highest BCUT2D eigenvalue weighted by Gasteiger charge is 2.54. The number of fused-ring (bicyclic) bond motifs is 1. The molecule has 1 aliphatic carbocycles. The molecule has 32 heavy (non-hydrogen) atoms. The van der Waals surface area contributed by atoms with E-state index in [2.05, 4.69) is 10.2 Å². The van der Waals surface area contributed by atoms with Gasteiger partial charge in [0.1, 0.15) is 6.61 Å². The molecule has 1 saturated carbocycles. The summed E-state index contributed by atoms with van der Waals surface area (Å²) in [6, 6.07) is 8.89. The van der Waals surface area contributed by atoms with Crippen molar-refractivity contribution in [3.8, 4) is 0 Å². The van der Waals surface area contributed by atoms with Crippen LogP contribution in [0.15, 0.2) is 42.1 Å². The maximum absolute atomic E-state index is 13.0. The van der Waals surface area contributed by atoms with Crippen molar-refractivity contribution in [2.45, 2.75) is 45.6 Å². The van der Waals surface area contributed by atoms with Crippen LogP contribution in [0.25, 0.3) is 4.85 Å². The minimum absolute atomic E-state index is 0.000874. The molecule has 0 spiro atoms. The first-order valence-electron chi connectivity index (χ1n) is 10.8. The van der Waals surface area contributed by atoms with Gasteiger partial charge in [-0.05, 0) is 35.7 Å². The SMILES string of the molecule is [C-]#[N+]C(=CC(C)(C)C)C(=O)N1C[C@H]2C[C@H]2[C@H]1COC(=O)N[C@@H](Cc1ccccc1)B(O)O. The summed E-state index contributed by atoms with van der Waals surface area (Å²) in [5.41, 5.74) is 0.624. The molecule has 1 heterocycles. The third kappa shape index (κ3) is 6.12. The van der Waals surface area contributed by atoms with Crippen molar-refractivity contribution in [1.82, 2.24) is 10.2 Å². The second-order valence-corrected chi connectivity index (χ2v) is 9.64. The molecule has 1 aromatic carbocycles. The number of carbonyl (C=O) groups is 2. The lowest BCUT2D eigenvalue weighted by Gasteiger charge is -2.28. The van der Waals surface area contributed by atoms with Gasteiger partial charge in [-0.3, -0.25) is 4.79 Å². The molecular weight excluding hydrogens is 409 g/mol. The predicted molar refractivity (Wildman–Crippen MR) is 120 cm³/mol. The van der Waals surface area contributed by atoms with Gasteiger partial charge in [-0.2, -0.15) is 0 Å². The van der Waals surface area contributed by atoms with Crippen LogP contribution in [-0.4, -0.2) is 59.2 Å². The molecule has 0 radical (unpaired) electrons. The Hall–Kier alpha value is -2.83. The van der Waals surface area contributed by atoms with Crippen molar-refractivity contribution in [2.24, 2.45) is 17.3 Å². The van der Waals surface area contributed by atoms with Gasteiger partial charge >= 0.3 is 13.2 Å². The van der Waals surface area contributed by atoms with E-state index in [0.717, 1.165) is 12.0 Å². The fourth-order valence-electron chi connectivity index (χ4n) is 4.17. The zero-order valence-corrected chi connectivity index (χ0v) is 18.7. The van der Waals surface area contributed by atoms with Crippen molar-refractivity contribution >= 4 is 19.1 Å². The zero-order valence-electron chi connectivity index (χ0n) is 18.7. The number of nitrogens with zero attached hydrogens (tertiary/aromatic N) is 2. The van der Waals surface area contributed by atoms with Crippen LogP contribution in [0.5, 0.6) is 0 Å². The maximum Gasteiger partial charge on any atom is 0.475 e. The van der Waals surface area contributed by atoms with E-state index < -0.39 is 19.2 Å². The van der Waals surface area contributed by atoms with Crippen LogP contribution < -0.4 is 5.32 Å². The fourth-order valence-corrected chi connectivity index (χ4v) is 4.17. The van der Waals surface area contributed by atoms with Crippen LogP contribution >= 0.6 is 0 Å². The highest BCUT2D eigenvalue weighted by molar-refractivity contribution is 6.43. The van der Waals surface area contributed by atoms with Crippen molar-refractivity contribution < 1.29 is 24.4 Å². The third-order valence-corrected chi connectivity index (χ3v) is 5.82. The number of nitrogens with one attached hydrogen (secondary N) is 1. The first kappa shape index (κ1) is 23.8. The normalized spacial score (nSPS) is 23.1. The van der Waals surface area contributed by atoms with Gasteiger partial charge in [-0.15, -0.1) is 0 Å². The molecular formula is C23H30BN3O5. The van der Waals surface area contributed by atoms with Gasteiger partial charge in [0.05, 0.1) is 18.6 Å². The van der Waals surface area contributed by atoms with E-state index in [4.69, 9.17) is 11.3 Å². The van der Waals surface area contributed by atoms with Crippen LogP contribution in [-0.2, 0) is 16.0 Å². The smallest absolute Gasteiger partial charge is 0.447 e.